The fraction of sp³-hybridized carbons (Fsp3) is 0.538. The highest BCUT2D eigenvalue weighted by molar-refractivity contribution is 5.81. The molecular formula is C13H20N2O2. The predicted octanol–water partition coefficient (Wildman–Crippen LogP) is 1.56. The van der Waals surface area contributed by atoms with E-state index in [0.717, 1.165) is 22.6 Å². The van der Waals surface area contributed by atoms with Gasteiger partial charge in [0.2, 0.25) is 0 Å². The first-order valence-electron chi connectivity index (χ1n) is 5.72. The number of carbonyl (C=O) groups excluding carboxylic acids is 1. The maximum absolute atomic E-state index is 11.7. The second-order valence-electron chi connectivity index (χ2n) is 4.44. The summed E-state index contributed by atoms with van der Waals surface area (Å²) >= 11 is 0. The molecule has 0 radical (unpaired) electrons. The lowest BCUT2D eigenvalue weighted by atomic mass is 10.0. The molecule has 94 valence electrons. The number of aromatic nitrogens is 1. The summed E-state index contributed by atoms with van der Waals surface area (Å²) in [6, 6.07) is -0.102. The molecule has 1 aromatic rings. The van der Waals surface area contributed by atoms with Crippen molar-refractivity contribution in [2.45, 2.75) is 39.7 Å². The number of nitrogens with two attached hydrogens (primary N) is 1. The van der Waals surface area contributed by atoms with E-state index in [1.807, 2.05) is 20.8 Å². The molecule has 0 amide bonds. The average Bonchev–Trinajstić information content (AvgIpc) is 2.22. The topological polar surface area (TPSA) is 65.2 Å². The summed E-state index contributed by atoms with van der Waals surface area (Å²) in [6.45, 7) is 5.69. The summed E-state index contributed by atoms with van der Waals surface area (Å²) in [7, 11) is 1.63. The van der Waals surface area contributed by atoms with Gasteiger partial charge in [0.25, 0.3) is 0 Å². The van der Waals surface area contributed by atoms with Crippen LogP contribution in [0, 0.1) is 13.8 Å². The van der Waals surface area contributed by atoms with Crippen LogP contribution >= 0.6 is 0 Å². The van der Waals surface area contributed by atoms with E-state index in [0.29, 0.717) is 12.8 Å². The van der Waals surface area contributed by atoms with Crippen LogP contribution in [0.5, 0.6) is 5.75 Å². The first-order valence-corrected chi connectivity index (χ1v) is 5.72. The van der Waals surface area contributed by atoms with E-state index in [1.165, 1.54) is 0 Å². The Balaban J connectivity index is 2.89. The Morgan fingerprint density at radius 2 is 2.18 bits per heavy atom. The Kier molecular flexibility index (Phi) is 4.63. The Bertz CT molecular complexity index is 414. The van der Waals surface area contributed by atoms with Crippen molar-refractivity contribution in [3.63, 3.8) is 0 Å². The number of hydrogen-bond donors (Lipinski definition) is 1. The molecule has 1 heterocycles. The standard InChI is InChI=1S/C13H20N2O2/c1-8-7-15-12(10(3)13(8)17-4)6-11(16)5-9(2)14/h7,9H,5-6,14H2,1-4H3. The summed E-state index contributed by atoms with van der Waals surface area (Å²) in [5, 5.41) is 0. The number of methoxy groups -OCH3 is 1. The number of hydrogen-bond acceptors (Lipinski definition) is 4. The molecule has 0 saturated carbocycles. The van der Waals surface area contributed by atoms with Crippen molar-refractivity contribution in [2.75, 3.05) is 7.11 Å². The zero-order valence-corrected chi connectivity index (χ0v) is 10.9. The third kappa shape index (κ3) is 3.53. The number of Topliss-reactive ketones (excluding diaryl/α,β-unsaturated/α-hetero) is 1. The normalized spacial score (nSPS) is 12.3. The van der Waals surface area contributed by atoms with E-state index in [4.69, 9.17) is 10.5 Å². The van der Waals surface area contributed by atoms with Gasteiger partial charge in [0.1, 0.15) is 11.5 Å². The molecule has 1 atom stereocenters. The lowest BCUT2D eigenvalue weighted by Gasteiger charge is -2.12. The van der Waals surface area contributed by atoms with E-state index < -0.39 is 0 Å². The molecule has 2 N–H and O–H groups in total. The molecule has 0 bridgehead atoms. The fourth-order valence-electron chi connectivity index (χ4n) is 1.87. The number of aryl methyl sites for hydroxylation is 1. The van der Waals surface area contributed by atoms with Crippen LogP contribution in [0.2, 0.25) is 0 Å². The molecular weight excluding hydrogens is 216 g/mol. The number of pyridine rings is 1. The molecule has 0 aliphatic carbocycles. The van der Waals surface area contributed by atoms with E-state index in [-0.39, 0.29) is 11.8 Å². The van der Waals surface area contributed by atoms with Crippen LogP contribution in [-0.4, -0.2) is 23.9 Å². The van der Waals surface area contributed by atoms with E-state index in [1.54, 1.807) is 13.3 Å². The maximum Gasteiger partial charge on any atom is 0.140 e. The zero-order valence-electron chi connectivity index (χ0n) is 10.9. The van der Waals surface area contributed by atoms with Crippen LogP contribution in [-0.2, 0) is 11.2 Å². The van der Waals surface area contributed by atoms with E-state index in [9.17, 15) is 4.79 Å². The SMILES string of the molecule is COc1c(C)cnc(CC(=O)CC(C)N)c1C. The molecule has 0 spiro atoms. The third-order valence-corrected chi connectivity index (χ3v) is 2.66. The monoisotopic (exact) mass is 236 g/mol. The van der Waals surface area contributed by atoms with Gasteiger partial charge in [-0.2, -0.15) is 0 Å². The van der Waals surface area contributed by atoms with Crippen molar-refractivity contribution in [2.24, 2.45) is 5.73 Å². The molecule has 0 aromatic carbocycles. The minimum atomic E-state index is -0.102. The van der Waals surface area contributed by atoms with Crippen LogP contribution < -0.4 is 10.5 Å². The third-order valence-electron chi connectivity index (χ3n) is 2.66. The molecule has 0 saturated heterocycles. The minimum absolute atomic E-state index is 0.102. The zero-order chi connectivity index (χ0) is 13.0. The maximum atomic E-state index is 11.7. The minimum Gasteiger partial charge on any atom is -0.496 e. The van der Waals surface area contributed by atoms with Gasteiger partial charge in [-0.05, 0) is 20.8 Å². The van der Waals surface area contributed by atoms with Crippen molar-refractivity contribution < 1.29 is 9.53 Å². The summed E-state index contributed by atoms with van der Waals surface area (Å²) in [5.74, 6) is 0.921. The van der Waals surface area contributed by atoms with Gasteiger partial charge >= 0.3 is 0 Å². The quantitative estimate of drug-likeness (QED) is 0.842. The highest BCUT2D eigenvalue weighted by atomic mass is 16.5. The van der Waals surface area contributed by atoms with Crippen molar-refractivity contribution in [1.29, 1.82) is 0 Å². The van der Waals surface area contributed by atoms with Gasteiger partial charge in [-0.25, -0.2) is 0 Å². The largest absolute Gasteiger partial charge is 0.496 e. The molecule has 0 fully saturated rings. The molecule has 1 aromatic heterocycles. The second kappa shape index (κ2) is 5.77. The van der Waals surface area contributed by atoms with Crippen molar-refractivity contribution >= 4 is 5.78 Å². The predicted molar refractivity (Wildman–Crippen MR) is 67.2 cm³/mol. The highest BCUT2D eigenvalue weighted by Crippen LogP contribution is 2.24. The van der Waals surface area contributed by atoms with E-state index >= 15 is 0 Å². The lowest BCUT2D eigenvalue weighted by molar-refractivity contribution is -0.118. The fourth-order valence-corrected chi connectivity index (χ4v) is 1.87. The average molecular weight is 236 g/mol. The van der Waals surface area contributed by atoms with Crippen LogP contribution in [0.4, 0.5) is 0 Å². The summed E-state index contributed by atoms with van der Waals surface area (Å²) in [5.41, 5.74) is 8.29. The Labute approximate surface area is 102 Å². The Morgan fingerprint density at radius 3 is 2.71 bits per heavy atom. The van der Waals surface area contributed by atoms with Gasteiger partial charge in [-0.3, -0.25) is 9.78 Å². The molecule has 1 rings (SSSR count). The van der Waals surface area contributed by atoms with Crippen molar-refractivity contribution in [3.8, 4) is 5.75 Å². The molecule has 0 aliphatic rings. The van der Waals surface area contributed by atoms with Crippen molar-refractivity contribution in [3.05, 3.63) is 23.0 Å². The summed E-state index contributed by atoms with van der Waals surface area (Å²) in [4.78, 5) is 16.0. The second-order valence-corrected chi connectivity index (χ2v) is 4.44. The molecule has 17 heavy (non-hydrogen) atoms. The van der Waals surface area contributed by atoms with Crippen molar-refractivity contribution in [1.82, 2.24) is 4.98 Å². The van der Waals surface area contributed by atoms with Crippen LogP contribution in [0.15, 0.2) is 6.20 Å². The van der Waals surface area contributed by atoms with Gasteiger partial charge in [-0.15, -0.1) is 0 Å². The van der Waals surface area contributed by atoms with Gasteiger partial charge in [0.15, 0.2) is 0 Å². The van der Waals surface area contributed by atoms with Gasteiger partial charge in [-0.1, -0.05) is 0 Å². The molecule has 1 unspecified atom stereocenters. The van der Waals surface area contributed by atoms with E-state index in [2.05, 4.69) is 4.98 Å². The van der Waals surface area contributed by atoms with Gasteiger partial charge in [0, 0.05) is 36.2 Å². The Morgan fingerprint density at radius 1 is 1.53 bits per heavy atom. The number of ether oxygens (including phenoxy) is 1. The van der Waals surface area contributed by atoms with Crippen LogP contribution in [0.3, 0.4) is 0 Å². The number of rotatable bonds is 5. The summed E-state index contributed by atoms with van der Waals surface area (Å²) < 4.78 is 5.30. The number of ketones is 1. The van der Waals surface area contributed by atoms with Gasteiger partial charge < -0.3 is 10.5 Å². The molecule has 4 nitrogen and oxygen atoms in total. The Hall–Kier alpha value is -1.42. The number of nitrogens with zero attached hydrogens (tertiary/aromatic N) is 1. The molecule has 4 heteroatoms. The number of carbonyl (C=O) groups is 1. The summed E-state index contributed by atoms with van der Waals surface area (Å²) in [6.07, 6.45) is 2.45. The lowest BCUT2D eigenvalue weighted by Crippen LogP contribution is -2.21. The highest BCUT2D eigenvalue weighted by Gasteiger charge is 2.13. The first-order chi connectivity index (χ1) is 7.95. The van der Waals surface area contributed by atoms with Crippen LogP contribution in [0.25, 0.3) is 0 Å². The first kappa shape index (κ1) is 13.6. The van der Waals surface area contributed by atoms with Crippen LogP contribution in [0.1, 0.15) is 30.2 Å². The molecule has 0 aliphatic heterocycles. The van der Waals surface area contributed by atoms with Gasteiger partial charge in [0.05, 0.1) is 12.8 Å². The smallest absolute Gasteiger partial charge is 0.140 e.